The van der Waals surface area contributed by atoms with Crippen molar-refractivity contribution in [3.05, 3.63) is 28.7 Å². The average Bonchev–Trinajstić information content (AvgIpc) is 2.78. The van der Waals surface area contributed by atoms with Gasteiger partial charge in [0.05, 0.1) is 11.3 Å². The lowest BCUT2D eigenvalue weighted by molar-refractivity contribution is 0.969. The molecule has 0 bridgehead atoms. The Hall–Kier alpha value is -1.32. The summed E-state index contributed by atoms with van der Waals surface area (Å²) in [4.78, 5) is 4.34. The zero-order valence-electron chi connectivity index (χ0n) is 9.01. The molecule has 0 fully saturated rings. The van der Waals surface area contributed by atoms with E-state index in [9.17, 15) is 0 Å². The van der Waals surface area contributed by atoms with Crippen molar-refractivity contribution in [2.24, 2.45) is 0 Å². The van der Waals surface area contributed by atoms with Gasteiger partial charge in [-0.05, 0) is 13.0 Å². The maximum Gasteiger partial charge on any atom is 0.210 e. The molecule has 1 atom stereocenters. The van der Waals surface area contributed by atoms with Gasteiger partial charge < -0.3 is 0 Å². The first kappa shape index (κ1) is 12.1. The van der Waals surface area contributed by atoms with Crippen molar-refractivity contribution in [2.75, 3.05) is 0 Å². The molecule has 0 saturated heterocycles. The first-order valence-electron chi connectivity index (χ1n) is 4.94. The Balaban J connectivity index is 2.25. The molecular formula is C11H9BrN4S. The number of benzene rings is 1. The van der Waals surface area contributed by atoms with Gasteiger partial charge in [-0.1, -0.05) is 45.9 Å². The van der Waals surface area contributed by atoms with Crippen molar-refractivity contribution in [1.29, 1.82) is 5.26 Å². The quantitative estimate of drug-likeness (QED) is 0.884. The van der Waals surface area contributed by atoms with E-state index in [1.165, 1.54) is 11.8 Å². The van der Waals surface area contributed by atoms with Crippen LogP contribution < -0.4 is 0 Å². The number of nitrogens with one attached hydrogen (secondary N) is 1. The first-order chi connectivity index (χ1) is 8.20. The molecule has 1 heterocycles. The third kappa shape index (κ3) is 2.87. The summed E-state index contributed by atoms with van der Waals surface area (Å²) in [7, 11) is 0. The molecule has 0 amide bonds. The summed E-state index contributed by atoms with van der Waals surface area (Å²) in [6, 6.07) is 9.91. The van der Waals surface area contributed by atoms with E-state index in [0.717, 1.165) is 10.0 Å². The van der Waals surface area contributed by atoms with Crippen LogP contribution in [0.3, 0.4) is 0 Å². The minimum atomic E-state index is -0.155. The van der Waals surface area contributed by atoms with Gasteiger partial charge >= 0.3 is 0 Å². The molecule has 2 aromatic rings. The highest BCUT2D eigenvalue weighted by Gasteiger charge is 2.11. The molecule has 0 aliphatic heterocycles. The molecule has 0 spiro atoms. The van der Waals surface area contributed by atoms with Crippen LogP contribution in [0.1, 0.15) is 6.92 Å². The van der Waals surface area contributed by atoms with Crippen molar-refractivity contribution in [1.82, 2.24) is 15.2 Å². The lowest BCUT2D eigenvalue weighted by atomic mass is 10.2. The first-order valence-corrected chi connectivity index (χ1v) is 6.61. The fraction of sp³-hybridized carbons (Fsp3) is 0.182. The highest BCUT2D eigenvalue weighted by atomic mass is 79.9. The van der Waals surface area contributed by atoms with Crippen molar-refractivity contribution in [2.45, 2.75) is 17.3 Å². The number of H-pyrrole nitrogens is 1. The van der Waals surface area contributed by atoms with Crippen LogP contribution in [-0.2, 0) is 0 Å². The van der Waals surface area contributed by atoms with E-state index in [1.807, 2.05) is 31.2 Å². The molecule has 86 valence electrons. The van der Waals surface area contributed by atoms with E-state index in [-0.39, 0.29) is 5.25 Å². The van der Waals surface area contributed by atoms with E-state index in [2.05, 4.69) is 37.2 Å². The van der Waals surface area contributed by atoms with Crippen molar-refractivity contribution in [3.63, 3.8) is 0 Å². The van der Waals surface area contributed by atoms with Gasteiger partial charge in [0.25, 0.3) is 0 Å². The second-order valence-corrected chi connectivity index (χ2v) is 5.50. The molecule has 4 nitrogen and oxygen atoms in total. The fourth-order valence-electron chi connectivity index (χ4n) is 1.26. The van der Waals surface area contributed by atoms with E-state index in [1.54, 1.807) is 0 Å². The number of nitriles is 1. The number of hydrogen-bond acceptors (Lipinski definition) is 4. The SMILES string of the molecule is C[C@@H](C#N)Sc1n[nH]c(-c2ccccc2Br)n1. The summed E-state index contributed by atoms with van der Waals surface area (Å²) < 4.78 is 0.959. The van der Waals surface area contributed by atoms with Crippen LogP contribution >= 0.6 is 27.7 Å². The van der Waals surface area contributed by atoms with E-state index >= 15 is 0 Å². The van der Waals surface area contributed by atoms with Crippen LogP contribution in [0.4, 0.5) is 0 Å². The molecule has 1 N–H and O–H groups in total. The minimum absolute atomic E-state index is 0.155. The smallest absolute Gasteiger partial charge is 0.210 e. The third-order valence-corrected chi connectivity index (χ3v) is 3.60. The number of aromatic amines is 1. The second-order valence-electron chi connectivity index (χ2n) is 3.34. The molecular weight excluding hydrogens is 300 g/mol. The number of thioether (sulfide) groups is 1. The van der Waals surface area contributed by atoms with Gasteiger partial charge in [0.2, 0.25) is 5.16 Å². The molecule has 1 aromatic carbocycles. The highest BCUT2D eigenvalue weighted by Crippen LogP contribution is 2.27. The number of rotatable bonds is 3. The Kier molecular flexibility index (Phi) is 3.82. The number of nitrogens with zero attached hydrogens (tertiary/aromatic N) is 3. The topological polar surface area (TPSA) is 65.4 Å². The number of halogens is 1. The monoisotopic (exact) mass is 308 g/mol. The zero-order chi connectivity index (χ0) is 12.3. The lowest BCUT2D eigenvalue weighted by Crippen LogP contribution is -1.90. The molecule has 0 unspecified atom stereocenters. The Morgan fingerprint density at radius 2 is 2.24 bits per heavy atom. The summed E-state index contributed by atoms with van der Waals surface area (Å²) in [5.41, 5.74) is 0.955. The van der Waals surface area contributed by atoms with Gasteiger partial charge in [-0.2, -0.15) is 5.26 Å². The summed E-state index contributed by atoms with van der Waals surface area (Å²) in [5.74, 6) is 0.699. The summed E-state index contributed by atoms with van der Waals surface area (Å²) in [6.45, 7) is 1.82. The Bertz CT molecular complexity index is 561. The normalized spacial score (nSPS) is 12.1. The van der Waals surface area contributed by atoms with Crippen molar-refractivity contribution in [3.8, 4) is 17.5 Å². The molecule has 2 rings (SSSR count). The largest absolute Gasteiger partial charge is 0.258 e. The summed E-state index contributed by atoms with van der Waals surface area (Å²) in [6.07, 6.45) is 0. The van der Waals surface area contributed by atoms with Crippen molar-refractivity contribution >= 4 is 27.7 Å². The van der Waals surface area contributed by atoms with Crippen LogP contribution in [0.2, 0.25) is 0 Å². The molecule has 17 heavy (non-hydrogen) atoms. The summed E-state index contributed by atoms with van der Waals surface area (Å²) >= 11 is 4.79. The molecule has 0 radical (unpaired) electrons. The van der Waals surface area contributed by atoms with Gasteiger partial charge in [0, 0.05) is 10.0 Å². The fourth-order valence-corrected chi connectivity index (χ4v) is 2.34. The molecule has 0 saturated carbocycles. The van der Waals surface area contributed by atoms with Crippen LogP contribution in [0.25, 0.3) is 11.4 Å². The maximum atomic E-state index is 8.72. The molecule has 0 aliphatic carbocycles. The highest BCUT2D eigenvalue weighted by molar-refractivity contribution is 9.10. The van der Waals surface area contributed by atoms with Crippen LogP contribution in [0.15, 0.2) is 33.9 Å². The Morgan fingerprint density at radius 1 is 1.47 bits per heavy atom. The standard InChI is InChI=1S/C11H9BrN4S/c1-7(6-13)17-11-14-10(15-16-11)8-4-2-3-5-9(8)12/h2-5,7H,1H3,(H,14,15,16)/t7-/m0/s1. The average molecular weight is 309 g/mol. The molecule has 0 aliphatic rings. The predicted molar refractivity (Wildman–Crippen MR) is 70.5 cm³/mol. The van der Waals surface area contributed by atoms with Crippen LogP contribution in [0, 0.1) is 11.3 Å². The van der Waals surface area contributed by atoms with Gasteiger partial charge in [-0.3, -0.25) is 5.10 Å². The van der Waals surface area contributed by atoms with E-state index in [0.29, 0.717) is 11.0 Å². The van der Waals surface area contributed by atoms with Gasteiger partial charge in [-0.15, -0.1) is 5.10 Å². The second kappa shape index (κ2) is 5.34. The number of hydrogen-bond donors (Lipinski definition) is 1. The zero-order valence-corrected chi connectivity index (χ0v) is 11.4. The molecule has 1 aromatic heterocycles. The Labute approximate surface area is 112 Å². The predicted octanol–water partition coefficient (Wildman–Crippen LogP) is 3.24. The van der Waals surface area contributed by atoms with Crippen LogP contribution in [0.5, 0.6) is 0 Å². The van der Waals surface area contributed by atoms with Gasteiger partial charge in [-0.25, -0.2) is 4.98 Å². The van der Waals surface area contributed by atoms with Crippen molar-refractivity contribution < 1.29 is 0 Å². The van der Waals surface area contributed by atoms with E-state index in [4.69, 9.17) is 5.26 Å². The minimum Gasteiger partial charge on any atom is -0.258 e. The third-order valence-electron chi connectivity index (χ3n) is 2.06. The molecule has 6 heteroatoms. The van der Waals surface area contributed by atoms with E-state index < -0.39 is 0 Å². The Morgan fingerprint density at radius 3 is 2.94 bits per heavy atom. The van der Waals surface area contributed by atoms with Crippen LogP contribution in [-0.4, -0.2) is 20.4 Å². The van der Waals surface area contributed by atoms with Gasteiger partial charge in [0.15, 0.2) is 5.82 Å². The maximum absolute atomic E-state index is 8.72. The van der Waals surface area contributed by atoms with Gasteiger partial charge in [0.1, 0.15) is 0 Å². The lowest BCUT2D eigenvalue weighted by Gasteiger charge is -1.98. The summed E-state index contributed by atoms with van der Waals surface area (Å²) in [5, 5.41) is 16.1. The number of aromatic nitrogens is 3.